The third-order valence-electron chi connectivity index (χ3n) is 5.07. The Labute approximate surface area is 178 Å². The van der Waals surface area contributed by atoms with Crippen LogP contribution in [-0.2, 0) is 6.42 Å². The largest absolute Gasteiger partial charge is 0.454 e. The molecule has 11 heteroatoms. The molecule has 2 aliphatic heterocycles. The van der Waals surface area contributed by atoms with Crippen molar-refractivity contribution in [3.05, 3.63) is 63.2 Å². The molecule has 4 heterocycles. The Morgan fingerprint density at radius 3 is 2.81 bits per heavy atom. The van der Waals surface area contributed by atoms with Gasteiger partial charge >= 0.3 is 6.18 Å². The molecule has 0 spiro atoms. The lowest BCUT2D eigenvalue weighted by Gasteiger charge is -2.30. The number of ketones is 1. The number of carbonyl (C=O) groups is 1. The SMILES string of the molecule is CCc1ccc(C(=O)C2=C(C(F)(F)F)Nc3ncnn3[C@@H]2c2ccc3c(c2)OCO3)s1. The fraction of sp³-hybridized carbons (Fsp3) is 0.250. The molecule has 1 atom stereocenters. The first-order valence-corrected chi connectivity index (χ1v) is 10.2. The highest BCUT2D eigenvalue weighted by molar-refractivity contribution is 7.14. The minimum atomic E-state index is -4.80. The lowest BCUT2D eigenvalue weighted by molar-refractivity contribution is -0.0918. The van der Waals surface area contributed by atoms with Crippen molar-refractivity contribution in [3.63, 3.8) is 0 Å². The molecule has 0 saturated carbocycles. The molecule has 0 fully saturated rings. The van der Waals surface area contributed by atoms with Crippen LogP contribution in [-0.4, -0.2) is 33.5 Å². The molecular weight excluding hydrogens is 433 g/mol. The Bertz CT molecular complexity index is 1210. The van der Waals surface area contributed by atoms with Crippen molar-refractivity contribution in [2.45, 2.75) is 25.6 Å². The van der Waals surface area contributed by atoms with Gasteiger partial charge in [0.15, 0.2) is 11.5 Å². The number of nitrogens with zero attached hydrogens (tertiary/aromatic N) is 3. The van der Waals surface area contributed by atoms with Crippen LogP contribution in [0.5, 0.6) is 11.5 Å². The van der Waals surface area contributed by atoms with Gasteiger partial charge in [0, 0.05) is 4.88 Å². The number of allylic oxidation sites excluding steroid dienone is 2. The molecule has 2 aliphatic rings. The van der Waals surface area contributed by atoms with E-state index < -0.39 is 29.3 Å². The Balaban J connectivity index is 1.72. The fourth-order valence-corrected chi connectivity index (χ4v) is 4.54. The van der Waals surface area contributed by atoms with Gasteiger partial charge in [-0.25, -0.2) is 4.68 Å². The minimum absolute atomic E-state index is 0.0179. The van der Waals surface area contributed by atoms with Crippen LogP contribution in [0, 0.1) is 0 Å². The highest BCUT2D eigenvalue weighted by Crippen LogP contribution is 2.44. The van der Waals surface area contributed by atoms with Crippen molar-refractivity contribution in [2.24, 2.45) is 0 Å². The molecule has 7 nitrogen and oxygen atoms in total. The number of carbonyl (C=O) groups excluding carboxylic acids is 1. The maximum atomic E-state index is 14.1. The van der Waals surface area contributed by atoms with E-state index in [1.807, 2.05) is 6.92 Å². The zero-order valence-corrected chi connectivity index (χ0v) is 16.9. The van der Waals surface area contributed by atoms with Crippen LogP contribution in [0.2, 0.25) is 0 Å². The average Bonchev–Trinajstić information content (AvgIpc) is 3.50. The number of nitrogens with one attached hydrogen (secondary N) is 1. The summed E-state index contributed by atoms with van der Waals surface area (Å²) >= 11 is 1.18. The standard InChI is InChI=1S/C20H15F3N4O3S/c1-2-11-4-6-14(31-11)17(28)15-16(10-3-5-12-13(7-10)30-9-29-12)27-19(24-8-25-27)26-18(15)20(21,22)23/h3-8,16H,2,9H2,1H3,(H,24,25,26)/t16-/m1/s1. The molecule has 0 bridgehead atoms. The number of rotatable bonds is 4. The molecule has 0 saturated heterocycles. The Morgan fingerprint density at radius 1 is 1.26 bits per heavy atom. The van der Waals surface area contributed by atoms with Gasteiger partial charge < -0.3 is 14.8 Å². The molecule has 0 amide bonds. The van der Waals surface area contributed by atoms with E-state index in [0.29, 0.717) is 23.5 Å². The van der Waals surface area contributed by atoms with Crippen LogP contribution >= 0.6 is 11.3 Å². The van der Waals surface area contributed by atoms with Crippen LogP contribution in [0.1, 0.15) is 33.1 Å². The number of aromatic nitrogens is 3. The average molecular weight is 448 g/mol. The molecule has 1 aromatic carbocycles. The van der Waals surface area contributed by atoms with E-state index in [1.54, 1.807) is 30.3 Å². The number of benzene rings is 1. The molecule has 0 radical (unpaired) electrons. The second kappa shape index (κ2) is 7.12. The summed E-state index contributed by atoms with van der Waals surface area (Å²) in [4.78, 5) is 18.5. The summed E-state index contributed by atoms with van der Waals surface area (Å²) in [7, 11) is 0. The number of alkyl halides is 3. The first-order chi connectivity index (χ1) is 14.9. The van der Waals surface area contributed by atoms with E-state index in [0.717, 1.165) is 11.2 Å². The normalized spacial score (nSPS) is 17.5. The minimum Gasteiger partial charge on any atom is -0.454 e. The maximum Gasteiger partial charge on any atom is 0.431 e. The third-order valence-corrected chi connectivity index (χ3v) is 6.30. The third kappa shape index (κ3) is 3.25. The number of aryl methyl sites for hydroxylation is 1. The number of hydrogen-bond donors (Lipinski definition) is 1. The monoisotopic (exact) mass is 448 g/mol. The molecule has 2 aromatic heterocycles. The summed E-state index contributed by atoms with van der Waals surface area (Å²) in [5.74, 6) is 0.0537. The van der Waals surface area contributed by atoms with Gasteiger partial charge in [-0.3, -0.25) is 4.79 Å². The van der Waals surface area contributed by atoms with Crippen molar-refractivity contribution in [1.29, 1.82) is 0 Å². The summed E-state index contributed by atoms with van der Waals surface area (Å²) in [5.41, 5.74) is -1.20. The summed E-state index contributed by atoms with van der Waals surface area (Å²) in [6.45, 7) is 1.93. The first kappa shape index (κ1) is 19.6. The summed E-state index contributed by atoms with van der Waals surface area (Å²) < 4.78 is 54.2. The number of thiophene rings is 1. The highest BCUT2D eigenvalue weighted by Gasteiger charge is 2.46. The second-order valence-corrected chi connectivity index (χ2v) is 8.07. The van der Waals surface area contributed by atoms with E-state index in [4.69, 9.17) is 9.47 Å². The molecule has 160 valence electrons. The second-order valence-electron chi connectivity index (χ2n) is 6.90. The van der Waals surface area contributed by atoms with Crippen molar-refractivity contribution in [1.82, 2.24) is 14.8 Å². The zero-order chi connectivity index (χ0) is 21.8. The molecular formula is C20H15F3N4O3S. The molecule has 1 N–H and O–H groups in total. The van der Waals surface area contributed by atoms with Crippen molar-refractivity contribution in [3.8, 4) is 11.5 Å². The fourth-order valence-electron chi connectivity index (χ4n) is 3.64. The lowest BCUT2D eigenvalue weighted by Crippen LogP contribution is -2.35. The van der Waals surface area contributed by atoms with E-state index in [1.165, 1.54) is 16.0 Å². The van der Waals surface area contributed by atoms with Gasteiger partial charge in [-0.05, 0) is 36.2 Å². The topological polar surface area (TPSA) is 78.3 Å². The van der Waals surface area contributed by atoms with Crippen LogP contribution in [0.4, 0.5) is 19.1 Å². The number of hydrogen-bond acceptors (Lipinski definition) is 7. The summed E-state index contributed by atoms with van der Waals surface area (Å²) in [6.07, 6.45) is -2.98. The summed E-state index contributed by atoms with van der Waals surface area (Å²) in [5, 5.41) is 6.36. The van der Waals surface area contributed by atoms with Crippen molar-refractivity contribution in [2.75, 3.05) is 12.1 Å². The van der Waals surface area contributed by atoms with Gasteiger partial charge in [-0.2, -0.15) is 23.3 Å². The van der Waals surface area contributed by atoms with Crippen LogP contribution in [0.3, 0.4) is 0 Å². The van der Waals surface area contributed by atoms with E-state index >= 15 is 0 Å². The maximum absolute atomic E-state index is 14.1. The molecule has 0 unspecified atom stereocenters. The Kier molecular flexibility index (Phi) is 4.50. The number of anilines is 1. The van der Waals surface area contributed by atoms with Gasteiger partial charge in [0.2, 0.25) is 18.5 Å². The van der Waals surface area contributed by atoms with Gasteiger partial charge in [0.1, 0.15) is 18.1 Å². The molecule has 0 aliphatic carbocycles. The Hall–Kier alpha value is -3.34. The molecule has 3 aromatic rings. The van der Waals surface area contributed by atoms with Gasteiger partial charge in [-0.15, -0.1) is 11.3 Å². The molecule has 5 rings (SSSR count). The Morgan fingerprint density at radius 2 is 2.06 bits per heavy atom. The molecule has 31 heavy (non-hydrogen) atoms. The lowest BCUT2D eigenvalue weighted by atomic mass is 9.91. The first-order valence-electron chi connectivity index (χ1n) is 9.37. The number of fused-ring (bicyclic) bond motifs is 2. The number of ether oxygens (including phenoxy) is 2. The number of Topliss-reactive ketones (excluding diaryl/α,β-unsaturated/α-hetero) is 1. The smallest absolute Gasteiger partial charge is 0.431 e. The van der Waals surface area contributed by atoms with Gasteiger partial charge in [0.25, 0.3) is 0 Å². The number of halogens is 3. The van der Waals surface area contributed by atoms with Crippen LogP contribution in [0.15, 0.2) is 47.9 Å². The van der Waals surface area contributed by atoms with Crippen LogP contribution in [0.25, 0.3) is 0 Å². The summed E-state index contributed by atoms with van der Waals surface area (Å²) in [6, 6.07) is 6.92. The van der Waals surface area contributed by atoms with Gasteiger partial charge in [0.05, 0.1) is 10.5 Å². The predicted octanol–water partition coefficient (Wildman–Crippen LogP) is 4.34. The van der Waals surface area contributed by atoms with E-state index in [-0.39, 0.29) is 17.6 Å². The highest BCUT2D eigenvalue weighted by atomic mass is 32.1. The van der Waals surface area contributed by atoms with E-state index in [9.17, 15) is 18.0 Å². The van der Waals surface area contributed by atoms with Crippen molar-refractivity contribution < 1.29 is 27.4 Å². The van der Waals surface area contributed by atoms with E-state index in [2.05, 4.69) is 15.4 Å². The van der Waals surface area contributed by atoms with Crippen LogP contribution < -0.4 is 14.8 Å². The predicted molar refractivity (Wildman–Crippen MR) is 105 cm³/mol. The zero-order valence-electron chi connectivity index (χ0n) is 16.1. The quantitative estimate of drug-likeness (QED) is 0.598. The van der Waals surface area contributed by atoms with Gasteiger partial charge in [-0.1, -0.05) is 13.0 Å². The van der Waals surface area contributed by atoms with Crippen molar-refractivity contribution >= 4 is 23.1 Å².